The van der Waals surface area contributed by atoms with Crippen molar-refractivity contribution in [3.05, 3.63) is 77.6 Å². The van der Waals surface area contributed by atoms with E-state index in [4.69, 9.17) is 16.3 Å². The van der Waals surface area contributed by atoms with Crippen molar-refractivity contribution < 1.29 is 4.74 Å². The van der Waals surface area contributed by atoms with Crippen LogP contribution in [0.2, 0.25) is 5.02 Å². The van der Waals surface area contributed by atoms with Gasteiger partial charge in [-0.1, -0.05) is 17.7 Å². The Morgan fingerprint density at radius 2 is 1.91 bits per heavy atom. The van der Waals surface area contributed by atoms with Gasteiger partial charge in [0.25, 0.3) is 0 Å². The van der Waals surface area contributed by atoms with Crippen molar-refractivity contribution in [2.75, 3.05) is 7.11 Å². The Morgan fingerprint density at radius 1 is 1.09 bits per heavy atom. The van der Waals surface area contributed by atoms with Gasteiger partial charge in [0.1, 0.15) is 5.75 Å². The maximum Gasteiger partial charge on any atom is 0.119 e. The van der Waals surface area contributed by atoms with E-state index in [0.717, 1.165) is 22.7 Å². The molecule has 22 heavy (non-hydrogen) atoms. The Morgan fingerprint density at radius 3 is 2.64 bits per heavy atom. The molecule has 0 radical (unpaired) electrons. The molecule has 0 N–H and O–H groups in total. The average molecular weight is 311 g/mol. The van der Waals surface area contributed by atoms with Crippen molar-refractivity contribution in [2.45, 2.75) is 0 Å². The quantitative estimate of drug-likeness (QED) is 0.630. The zero-order chi connectivity index (χ0) is 15.4. The van der Waals surface area contributed by atoms with Gasteiger partial charge < -0.3 is 9.30 Å². The molecule has 1 heterocycles. The molecular formula is C18H15ClN2O. The van der Waals surface area contributed by atoms with Crippen molar-refractivity contribution in [3.8, 4) is 11.4 Å². The normalized spacial score (nSPS) is 11.0. The second-order valence-electron chi connectivity index (χ2n) is 4.79. The number of ether oxygens (including phenoxy) is 1. The molecule has 3 rings (SSSR count). The van der Waals surface area contributed by atoms with E-state index in [-0.39, 0.29) is 0 Å². The lowest BCUT2D eigenvalue weighted by atomic mass is 10.3. The van der Waals surface area contributed by atoms with Crippen LogP contribution >= 0.6 is 11.6 Å². The van der Waals surface area contributed by atoms with Gasteiger partial charge in [-0.15, -0.1) is 0 Å². The fraction of sp³-hybridized carbons (Fsp3) is 0.0556. The van der Waals surface area contributed by atoms with Crippen LogP contribution in [0, 0.1) is 0 Å². The van der Waals surface area contributed by atoms with E-state index in [1.54, 1.807) is 7.11 Å². The molecule has 110 valence electrons. The number of nitrogens with zero attached hydrogens (tertiary/aromatic N) is 2. The minimum absolute atomic E-state index is 0.686. The smallest absolute Gasteiger partial charge is 0.119 e. The van der Waals surface area contributed by atoms with E-state index in [2.05, 4.69) is 4.99 Å². The molecule has 3 nitrogen and oxygen atoms in total. The fourth-order valence-electron chi connectivity index (χ4n) is 2.11. The molecule has 2 aromatic carbocycles. The van der Waals surface area contributed by atoms with Gasteiger partial charge in [0, 0.05) is 34.9 Å². The third-order valence-electron chi connectivity index (χ3n) is 3.26. The van der Waals surface area contributed by atoms with Crippen LogP contribution in [0.5, 0.6) is 5.75 Å². The van der Waals surface area contributed by atoms with E-state index in [1.807, 2.05) is 77.8 Å². The zero-order valence-corrected chi connectivity index (χ0v) is 12.9. The molecule has 0 atom stereocenters. The first-order valence-electron chi connectivity index (χ1n) is 6.87. The highest BCUT2D eigenvalue weighted by molar-refractivity contribution is 6.30. The lowest BCUT2D eigenvalue weighted by Crippen LogP contribution is -1.90. The summed E-state index contributed by atoms with van der Waals surface area (Å²) in [5.74, 6) is 0.846. The van der Waals surface area contributed by atoms with Crippen LogP contribution in [-0.4, -0.2) is 17.9 Å². The Hall–Kier alpha value is -2.52. The second kappa shape index (κ2) is 6.50. The lowest BCUT2D eigenvalue weighted by molar-refractivity contribution is 0.415. The predicted octanol–water partition coefficient (Wildman–Crippen LogP) is 4.89. The number of aliphatic imine (C=N–C) groups is 1. The summed E-state index contributed by atoms with van der Waals surface area (Å²) in [4.78, 5) is 4.43. The molecule has 0 aliphatic carbocycles. The third-order valence-corrected chi connectivity index (χ3v) is 3.49. The van der Waals surface area contributed by atoms with Gasteiger partial charge in [-0.25, -0.2) is 0 Å². The highest BCUT2D eigenvalue weighted by Crippen LogP contribution is 2.18. The van der Waals surface area contributed by atoms with Crippen molar-refractivity contribution in [1.29, 1.82) is 0 Å². The average Bonchev–Trinajstić information content (AvgIpc) is 3.02. The summed E-state index contributed by atoms with van der Waals surface area (Å²) < 4.78 is 7.21. The van der Waals surface area contributed by atoms with Crippen LogP contribution < -0.4 is 4.74 Å². The minimum Gasteiger partial charge on any atom is -0.497 e. The van der Waals surface area contributed by atoms with Crippen LogP contribution in [0.15, 0.2) is 72.0 Å². The predicted molar refractivity (Wildman–Crippen MR) is 91.0 cm³/mol. The molecule has 0 spiro atoms. The maximum atomic E-state index is 5.95. The van der Waals surface area contributed by atoms with Gasteiger partial charge in [0.2, 0.25) is 0 Å². The van der Waals surface area contributed by atoms with Gasteiger partial charge in [-0.2, -0.15) is 0 Å². The molecule has 0 fully saturated rings. The monoisotopic (exact) mass is 310 g/mol. The van der Waals surface area contributed by atoms with Gasteiger partial charge in [-0.05, 0) is 48.5 Å². The molecule has 4 heteroatoms. The topological polar surface area (TPSA) is 26.5 Å². The molecule has 0 saturated heterocycles. The van der Waals surface area contributed by atoms with Crippen molar-refractivity contribution in [2.24, 2.45) is 4.99 Å². The Bertz CT molecular complexity index is 791. The second-order valence-corrected chi connectivity index (χ2v) is 5.22. The Kier molecular flexibility index (Phi) is 4.26. The first-order valence-corrected chi connectivity index (χ1v) is 7.24. The third kappa shape index (κ3) is 3.38. The standard InChI is InChI=1S/C18H15ClN2O/c1-22-18-7-5-17(6-8-18)21-10-9-14(13-21)12-20-16-4-2-3-15(19)11-16/h2-13H,1H3. The maximum absolute atomic E-state index is 5.95. The van der Waals surface area contributed by atoms with Crippen LogP contribution in [0.3, 0.4) is 0 Å². The van der Waals surface area contributed by atoms with Crippen LogP contribution in [-0.2, 0) is 0 Å². The van der Waals surface area contributed by atoms with Crippen LogP contribution in [0.25, 0.3) is 5.69 Å². The number of hydrogen-bond acceptors (Lipinski definition) is 2. The first-order chi connectivity index (χ1) is 10.7. The van der Waals surface area contributed by atoms with Gasteiger partial charge in [-0.3, -0.25) is 4.99 Å². The Balaban J connectivity index is 1.78. The van der Waals surface area contributed by atoms with Gasteiger partial charge in [0.05, 0.1) is 12.8 Å². The summed E-state index contributed by atoms with van der Waals surface area (Å²) in [7, 11) is 1.66. The summed E-state index contributed by atoms with van der Waals surface area (Å²) >= 11 is 5.95. The number of benzene rings is 2. The summed E-state index contributed by atoms with van der Waals surface area (Å²) in [6.07, 6.45) is 5.85. The first kappa shape index (κ1) is 14.4. The Labute approximate surface area is 134 Å². The minimum atomic E-state index is 0.686. The van der Waals surface area contributed by atoms with Crippen molar-refractivity contribution in [3.63, 3.8) is 0 Å². The molecular weight excluding hydrogens is 296 g/mol. The highest BCUT2D eigenvalue weighted by Gasteiger charge is 1.99. The molecule has 0 unspecified atom stereocenters. The summed E-state index contributed by atoms with van der Waals surface area (Å²) in [5.41, 5.74) is 2.93. The lowest BCUT2D eigenvalue weighted by Gasteiger charge is -2.04. The fourth-order valence-corrected chi connectivity index (χ4v) is 2.29. The van der Waals surface area contributed by atoms with Crippen LogP contribution in [0.1, 0.15) is 5.56 Å². The number of halogens is 1. The van der Waals surface area contributed by atoms with E-state index in [1.165, 1.54) is 0 Å². The molecule has 0 saturated carbocycles. The van der Waals surface area contributed by atoms with E-state index < -0.39 is 0 Å². The van der Waals surface area contributed by atoms with E-state index >= 15 is 0 Å². The summed E-state index contributed by atoms with van der Waals surface area (Å²) in [5, 5.41) is 0.686. The van der Waals surface area contributed by atoms with Gasteiger partial charge >= 0.3 is 0 Å². The zero-order valence-electron chi connectivity index (χ0n) is 12.1. The van der Waals surface area contributed by atoms with Crippen molar-refractivity contribution >= 4 is 23.5 Å². The van der Waals surface area contributed by atoms with E-state index in [0.29, 0.717) is 5.02 Å². The molecule has 3 aromatic rings. The molecule has 1 aromatic heterocycles. The number of rotatable bonds is 4. The summed E-state index contributed by atoms with van der Waals surface area (Å²) in [6, 6.07) is 17.4. The van der Waals surface area contributed by atoms with Crippen LogP contribution in [0.4, 0.5) is 5.69 Å². The highest BCUT2D eigenvalue weighted by atomic mass is 35.5. The number of hydrogen-bond donors (Lipinski definition) is 0. The molecule has 0 amide bonds. The molecule has 0 bridgehead atoms. The molecule has 0 aliphatic rings. The number of methoxy groups -OCH3 is 1. The van der Waals surface area contributed by atoms with Gasteiger partial charge in [0.15, 0.2) is 0 Å². The van der Waals surface area contributed by atoms with E-state index in [9.17, 15) is 0 Å². The number of aromatic nitrogens is 1. The summed E-state index contributed by atoms with van der Waals surface area (Å²) in [6.45, 7) is 0. The SMILES string of the molecule is COc1ccc(-n2ccc(C=Nc3cccc(Cl)c3)c2)cc1. The largest absolute Gasteiger partial charge is 0.497 e. The molecule has 0 aliphatic heterocycles. The van der Waals surface area contributed by atoms with Crippen molar-refractivity contribution in [1.82, 2.24) is 4.57 Å².